The minimum atomic E-state index is -0.667. The Morgan fingerprint density at radius 1 is 1.50 bits per heavy atom. The van der Waals surface area contributed by atoms with Gasteiger partial charge in [0.2, 0.25) is 10.6 Å². The molecule has 0 heterocycles. The molecule has 0 spiro atoms. The number of halogens is 2. The highest BCUT2D eigenvalue weighted by Crippen LogP contribution is 1.79. The summed E-state index contributed by atoms with van der Waals surface area (Å²) in [5, 5.41) is 0. The van der Waals surface area contributed by atoms with Crippen molar-refractivity contribution >= 4 is 29.8 Å². The van der Waals surface area contributed by atoms with Gasteiger partial charge in [-0.05, 0) is 0 Å². The maximum atomic E-state index is 9.64. The third kappa shape index (κ3) is 145. The van der Waals surface area contributed by atoms with Crippen LogP contribution >= 0.6 is 11.1 Å². The first-order chi connectivity index (χ1) is 2.73. The highest BCUT2D eigenvalue weighted by Gasteiger charge is 1.76. The van der Waals surface area contributed by atoms with Gasteiger partial charge in [-0.3, -0.25) is 0 Å². The van der Waals surface area contributed by atoms with Gasteiger partial charge in [0.15, 0.2) is 0 Å². The Morgan fingerprint density at radius 3 is 1.50 bits per heavy atom. The molecule has 0 rings (SSSR count). The zero-order valence-corrected chi connectivity index (χ0v) is 8.24. The quantitative estimate of drug-likeness (QED) is 0.342. The largest absolute Gasteiger partial charge is 0.327 e. The van der Waals surface area contributed by atoms with Gasteiger partial charge in [0, 0.05) is 0 Å². The fourth-order valence-corrected chi connectivity index (χ4v) is 0. The van der Waals surface area contributed by atoms with Crippen molar-refractivity contribution in [3.05, 3.63) is 0 Å². The van der Waals surface area contributed by atoms with Gasteiger partial charge < -0.3 is 4.11 Å². The van der Waals surface area contributed by atoms with Crippen molar-refractivity contribution in [2.45, 2.75) is 13.1 Å². The van der Waals surface area contributed by atoms with Crippen molar-refractivity contribution in [3.8, 4) is 0 Å². The van der Waals surface area contributed by atoms with Crippen molar-refractivity contribution in [1.29, 1.82) is 0 Å². The van der Waals surface area contributed by atoms with Crippen LogP contribution in [0.1, 0.15) is 0 Å². The van der Waals surface area contributed by atoms with E-state index in [1.807, 2.05) is 0 Å². The van der Waals surface area contributed by atoms with Crippen LogP contribution in [0.15, 0.2) is 0 Å². The zero-order chi connectivity index (χ0) is 5.58. The van der Waals surface area contributed by atoms with Crippen molar-refractivity contribution in [2.24, 2.45) is 0 Å². The number of rotatable bonds is 0. The van der Waals surface area contributed by atoms with Gasteiger partial charge in [-0.15, -0.1) is 0 Å². The van der Waals surface area contributed by atoms with Crippen LogP contribution in [0.25, 0.3) is 0 Å². The molecule has 0 aromatic rings. The first-order valence-electron chi connectivity index (χ1n) is 1.75. The average Bonchev–Trinajstić information content (AvgIpc) is 1.41. The van der Waals surface area contributed by atoms with Gasteiger partial charge in [-0.1, -0.05) is 13.1 Å². The summed E-state index contributed by atoms with van der Waals surface area (Å²) in [5.74, 6) is 0. The third-order valence-electron chi connectivity index (χ3n) is 0. The second kappa shape index (κ2) is 9.17. The Kier molecular flexibility index (Phi) is 15.0. The van der Waals surface area contributed by atoms with Gasteiger partial charge in [-0.2, -0.15) is 11.1 Å². The molecule has 0 unspecified atom stereocenters. The summed E-state index contributed by atoms with van der Waals surface area (Å²) >= 11 is 5.41. The summed E-state index contributed by atoms with van der Waals surface area (Å²) in [5.41, 5.74) is 0. The molecule has 0 atom stereocenters. The molecule has 0 nitrogen and oxygen atoms in total. The standard InChI is InChI=1S/C2H7ClSi.FH3Si/c1-4(2)3;1-2/h4H,1-2H3;2H3. The summed E-state index contributed by atoms with van der Waals surface area (Å²) in [7, 11) is -0.861. The van der Waals surface area contributed by atoms with Gasteiger partial charge in [0.1, 0.15) is 8.11 Å². The minimum absolute atomic E-state index is 0.194. The van der Waals surface area contributed by atoms with Crippen molar-refractivity contribution < 1.29 is 4.11 Å². The van der Waals surface area contributed by atoms with E-state index in [1.165, 1.54) is 0 Å². The lowest BCUT2D eigenvalue weighted by Gasteiger charge is -1.72. The molecule has 0 aliphatic carbocycles. The first-order valence-corrected chi connectivity index (χ1v) is 6.56. The lowest BCUT2D eigenvalue weighted by molar-refractivity contribution is 0.902. The van der Waals surface area contributed by atoms with Crippen LogP contribution in [0.5, 0.6) is 0 Å². The third-order valence-corrected chi connectivity index (χ3v) is 0. The monoisotopic (exact) mass is 144 g/mol. The Morgan fingerprint density at radius 2 is 1.50 bits per heavy atom. The molecule has 40 valence electrons. The second-order valence-electron chi connectivity index (χ2n) is 1.01. The van der Waals surface area contributed by atoms with E-state index in [0.29, 0.717) is 0 Å². The van der Waals surface area contributed by atoms with Crippen LogP contribution in [0.4, 0.5) is 4.11 Å². The lowest BCUT2D eigenvalue weighted by atomic mass is 11.9. The van der Waals surface area contributed by atoms with Crippen LogP contribution in [-0.4, -0.2) is 18.7 Å². The van der Waals surface area contributed by atoms with E-state index in [-0.39, 0.29) is 10.6 Å². The van der Waals surface area contributed by atoms with Crippen LogP contribution in [0.3, 0.4) is 0 Å². The maximum absolute atomic E-state index is 9.64. The topological polar surface area (TPSA) is 0 Å². The molecule has 0 aliphatic heterocycles. The summed E-state index contributed by atoms with van der Waals surface area (Å²) in [6.07, 6.45) is 0. The fraction of sp³-hybridized carbons (Fsp3) is 1.00. The SMILES string of the molecule is C[SiH](C)Cl.F[SiH3]. The van der Waals surface area contributed by atoms with E-state index >= 15 is 0 Å². The van der Waals surface area contributed by atoms with Crippen molar-refractivity contribution in [3.63, 3.8) is 0 Å². The molecule has 4 heteroatoms. The molecule has 0 aromatic heterocycles. The summed E-state index contributed by atoms with van der Waals surface area (Å²) in [4.78, 5) is 0. The molecule has 0 radical (unpaired) electrons. The molecular formula is C2H10ClFSi2. The Balaban J connectivity index is 0. The predicted octanol–water partition coefficient (Wildman–Crippen LogP) is 0.445. The Bertz CT molecular complexity index is 16.3. The molecule has 0 saturated carbocycles. The normalized spacial score (nSPS) is 7.50. The molecule has 0 bridgehead atoms. The molecule has 0 fully saturated rings. The minimum Gasteiger partial charge on any atom is -0.327 e. The summed E-state index contributed by atoms with van der Waals surface area (Å²) < 4.78 is 9.64. The molecule has 6 heavy (non-hydrogen) atoms. The molecule has 0 N–H and O–H groups in total. The second-order valence-corrected chi connectivity index (χ2v) is 5.66. The molecule has 0 aliphatic rings. The Hall–Kier alpha value is 0.654. The maximum Gasteiger partial charge on any atom is 0.201 e. The number of hydrogen-bond donors (Lipinski definition) is 0. The van der Waals surface area contributed by atoms with Crippen LogP contribution in [0, 0.1) is 0 Å². The average molecular weight is 145 g/mol. The molecular weight excluding hydrogens is 135 g/mol. The smallest absolute Gasteiger partial charge is 0.201 e. The van der Waals surface area contributed by atoms with Crippen molar-refractivity contribution in [1.82, 2.24) is 0 Å². The zero-order valence-electron chi connectivity index (χ0n) is 4.33. The highest BCUT2D eigenvalue weighted by molar-refractivity contribution is 7.05. The van der Waals surface area contributed by atoms with E-state index in [2.05, 4.69) is 13.1 Å². The summed E-state index contributed by atoms with van der Waals surface area (Å²) in [6.45, 7) is 4.14. The van der Waals surface area contributed by atoms with Gasteiger partial charge >= 0.3 is 0 Å². The highest BCUT2D eigenvalue weighted by atomic mass is 35.6. The van der Waals surface area contributed by atoms with E-state index < -0.39 is 8.11 Å². The van der Waals surface area contributed by atoms with Crippen LogP contribution < -0.4 is 0 Å². The van der Waals surface area contributed by atoms with Crippen LogP contribution in [-0.2, 0) is 0 Å². The van der Waals surface area contributed by atoms with E-state index in [9.17, 15) is 4.11 Å². The summed E-state index contributed by atoms with van der Waals surface area (Å²) in [6, 6.07) is 0. The van der Waals surface area contributed by atoms with E-state index in [1.54, 1.807) is 0 Å². The van der Waals surface area contributed by atoms with Gasteiger partial charge in [-0.25, -0.2) is 0 Å². The predicted molar refractivity (Wildman–Crippen MR) is 35.8 cm³/mol. The van der Waals surface area contributed by atoms with Crippen molar-refractivity contribution in [2.75, 3.05) is 0 Å². The van der Waals surface area contributed by atoms with Gasteiger partial charge in [0.25, 0.3) is 0 Å². The molecule has 0 amide bonds. The molecule has 0 saturated heterocycles. The van der Waals surface area contributed by atoms with E-state index in [0.717, 1.165) is 0 Å². The van der Waals surface area contributed by atoms with Crippen LogP contribution in [0.2, 0.25) is 13.1 Å². The fourth-order valence-electron chi connectivity index (χ4n) is 0. The first kappa shape index (κ1) is 9.82. The Labute approximate surface area is 47.6 Å². The number of hydrogen-bond acceptors (Lipinski definition) is 0. The molecule has 0 aromatic carbocycles. The lowest BCUT2D eigenvalue weighted by Crippen LogP contribution is -1.78. The van der Waals surface area contributed by atoms with Gasteiger partial charge in [0.05, 0.1) is 0 Å². The van der Waals surface area contributed by atoms with E-state index in [4.69, 9.17) is 11.1 Å².